The van der Waals surface area contributed by atoms with Crippen LogP contribution in [0.3, 0.4) is 0 Å². The van der Waals surface area contributed by atoms with Crippen LogP contribution in [0, 0.1) is 11.6 Å². The minimum absolute atomic E-state index is 0.107. The van der Waals surface area contributed by atoms with E-state index in [0.29, 0.717) is 0 Å². The zero-order chi connectivity index (χ0) is 17.7. The summed E-state index contributed by atoms with van der Waals surface area (Å²) in [4.78, 5) is 23.5. The number of hydrogen-bond acceptors (Lipinski definition) is 4. The third-order valence-electron chi connectivity index (χ3n) is 3.27. The molecule has 0 bridgehead atoms. The van der Waals surface area contributed by atoms with Gasteiger partial charge in [0.05, 0.1) is 19.4 Å². The van der Waals surface area contributed by atoms with E-state index >= 15 is 0 Å². The van der Waals surface area contributed by atoms with Crippen molar-refractivity contribution in [2.45, 2.75) is 12.5 Å². The first kappa shape index (κ1) is 17.6. The minimum Gasteiger partial charge on any atom is -0.466 e. The number of aliphatic hydroxyl groups is 1. The van der Waals surface area contributed by atoms with Gasteiger partial charge in [-0.1, -0.05) is 0 Å². The highest BCUT2D eigenvalue weighted by Gasteiger charge is 2.26. The highest BCUT2D eigenvalue weighted by molar-refractivity contribution is 5.96. The van der Waals surface area contributed by atoms with Crippen LogP contribution < -0.4 is 10.6 Å². The van der Waals surface area contributed by atoms with Gasteiger partial charge >= 0.3 is 0 Å². The molecule has 0 saturated carbocycles. The number of nitrogens with one attached hydrogen (secondary N) is 2. The van der Waals surface area contributed by atoms with E-state index in [2.05, 4.69) is 10.6 Å². The molecule has 2 rings (SSSR count). The molecule has 6 nitrogen and oxygen atoms in total. The summed E-state index contributed by atoms with van der Waals surface area (Å²) < 4.78 is 30.9. The van der Waals surface area contributed by atoms with Crippen LogP contribution in [-0.4, -0.2) is 30.0 Å². The van der Waals surface area contributed by atoms with E-state index < -0.39 is 29.0 Å². The predicted octanol–water partition coefficient (Wildman–Crippen LogP) is 1.31. The number of rotatable bonds is 6. The van der Waals surface area contributed by atoms with Crippen molar-refractivity contribution in [2.75, 3.05) is 13.1 Å². The van der Waals surface area contributed by atoms with Gasteiger partial charge in [-0.15, -0.1) is 0 Å². The van der Waals surface area contributed by atoms with Crippen molar-refractivity contribution in [1.29, 1.82) is 0 Å². The Morgan fingerprint density at radius 3 is 2.58 bits per heavy atom. The van der Waals surface area contributed by atoms with Crippen molar-refractivity contribution in [2.24, 2.45) is 0 Å². The second-order valence-electron chi connectivity index (χ2n) is 5.34. The van der Waals surface area contributed by atoms with Gasteiger partial charge in [-0.2, -0.15) is 0 Å². The van der Waals surface area contributed by atoms with Crippen LogP contribution in [0.1, 0.15) is 23.0 Å². The first-order valence-electron chi connectivity index (χ1n) is 7.06. The van der Waals surface area contributed by atoms with E-state index in [1.165, 1.54) is 13.2 Å². The third-order valence-corrected chi connectivity index (χ3v) is 3.27. The summed E-state index contributed by atoms with van der Waals surface area (Å²) >= 11 is 0. The Balaban J connectivity index is 1.82. The SMILES string of the molecule is CC(O)(CNC(=O)CNC(=O)c1ccc(F)c(F)c1)c1ccco1. The van der Waals surface area contributed by atoms with E-state index in [1.54, 1.807) is 12.1 Å². The van der Waals surface area contributed by atoms with Crippen LogP contribution in [0.5, 0.6) is 0 Å². The Morgan fingerprint density at radius 1 is 1.21 bits per heavy atom. The van der Waals surface area contributed by atoms with Gasteiger partial charge in [0.25, 0.3) is 5.91 Å². The average Bonchev–Trinajstić information content (AvgIpc) is 3.08. The molecule has 2 amide bonds. The molecule has 0 saturated heterocycles. The summed E-state index contributed by atoms with van der Waals surface area (Å²) in [5.41, 5.74) is -1.51. The Hall–Kier alpha value is -2.74. The van der Waals surface area contributed by atoms with Gasteiger partial charge in [-0.3, -0.25) is 9.59 Å². The summed E-state index contributed by atoms with van der Waals surface area (Å²) in [5, 5.41) is 14.9. The quantitative estimate of drug-likeness (QED) is 0.741. The van der Waals surface area contributed by atoms with Crippen molar-refractivity contribution in [3.8, 4) is 0 Å². The Bertz CT molecular complexity index is 730. The smallest absolute Gasteiger partial charge is 0.251 e. The highest BCUT2D eigenvalue weighted by atomic mass is 19.2. The first-order chi connectivity index (χ1) is 11.3. The van der Waals surface area contributed by atoms with Crippen LogP contribution in [0.2, 0.25) is 0 Å². The van der Waals surface area contributed by atoms with Crippen molar-refractivity contribution in [1.82, 2.24) is 10.6 Å². The fourth-order valence-corrected chi connectivity index (χ4v) is 1.91. The number of halogens is 2. The highest BCUT2D eigenvalue weighted by Crippen LogP contribution is 2.19. The van der Waals surface area contributed by atoms with E-state index in [4.69, 9.17) is 4.42 Å². The molecule has 8 heteroatoms. The van der Waals surface area contributed by atoms with Crippen LogP contribution in [-0.2, 0) is 10.4 Å². The Kier molecular flexibility index (Phi) is 5.30. The van der Waals surface area contributed by atoms with E-state index in [-0.39, 0.29) is 24.4 Å². The van der Waals surface area contributed by atoms with E-state index in [9.17, 15) is 23.5 Å². The lowest BCUT2D eigenvalue weighted by Crippen LogP contribution is -2.43. The molecule has 0 aliphatic heterocycles. The molecule has 2 aromatic rings. The number of carbonyl (C=O) groups is 2. The van der Waals surface area contributed by atoms with Gasteiger partial charge in [0, 0.05) is 5.56 Å². The minimum atomic E-state index is -1.40. The lowest BCUT2D eigenvalue weighted by Gasteiger charge is -2.21. The molecule has 0 spiro atoms. The standard InChI is InChI=1S/C16H16F2N2O4/c1-16(23,13-3-2-6-24-13)9-20-14(21)8-19-15(22)10-4-5-11(17)12(18)7-10/h2-7,23H,8-9H2,1H3,(H,19,22)(H,20,21). The lowest BCUT2D eigenvalue weighted by atomic mass is 10.0. The Labute approximate surface area is 136 Å². The summed E-state index contributed by atoms with van der Waals surface area (Å²) in [7, 11) is 0. The van der Waals surface area contributed by atoms with Gasteiger partial charge in [0.1, 0.15) is 11.4 Å². The molecule has 1 aromatic carbocycles. The second kappa shape index (κ2) is 7.22. The second-order valence-corrected chi connectivity index (χ2v) is 5.34. The molecule has 3 N–H and O–H groups in total. The monoisotopic (exact) mass is 338 g/mol. The fraction of sp³-hybridized carbons (Fsp3) is 0.250. The summed E-state index contributed by atoms with van der Waals surface area (Å²) in [6, 6.07) is 5.84. The molecule has 1 unspecified atom stereocenters. The van der Waals surface area contributed by atoms with Crippen LogP contribution >= 0.6 is 0 Å². The number of benzene rings is 1. The zero-order valence-electron chi connectivity index (χ0n) is 12.8. The molecule has 128 valence electrons. The van der Waals surface area contributed by atoms with Crippen molar-refractivity contribution < 1.29 is 27.9 Å². The van der Waals surface area contributed by atoms with Crippen LogP contribution in [0.15, 0.2) is 41.0 Å². The molecule has 1 atom stereocenters. The molecule has 0 aliphatic carbocycles. The Morgan fingerprint density at radius 2 is 1.96 bits per heavy atom. The topological polar surface area (TPSA) is 91.6 Å². The van der Waals surface area contributed by atoms with Crippen molar-refractivity contribution in [3.05, 3.63) is 59.6 Å². The van der Waals surface area contributed by atoms with E-state index in [0.717, 1.165) is 18.2 Å². The maximum absolute atomic E-state index is 13.1. The molecular formula is C16H16F2N2O4. The van der Waals surface area contributed by atoms with Gasteiger partial charge in [0.15, 0.2) is 11.6 Å². The van der Waals surface area contributed by atoms with Crippen molar-refractivity contribution in [3.63, 3.8) is 0 Å². The van der Waals surface area contributed by atoms with E-state index in [1.807, 2.05) is 0 Å². The van der Waals surface area contributed by atoms with Crippen LogP contribution in [0.4, 0.5) is 8.78 Å². The number of furan rings is 1. The molecule has 0 radical (unpaired) electrons. The summed E-state index contributed by atoms with van der Waals surface area (Å²) in [5.74, 6) is -3.21. The average molecular weight is 338 g/mol. The molecule has 1 heterocycles. The first-order valence-corrected chi connectivity index (χ1v) is 7.06. The van der Waals surface area contributed by atoms with Gasteiger partial charge in [0.2, 0.25) is 5.91 Å². The largest absolute Gasteiger partial charge is 0.466 e. The number of carbonyl (C=O) groups excluding carboxylic acids is 2. The normalized spacial score (nSPS) is 13.2. The third kappa shape index (κ3) is 4.39. The lowest BCUT2D eigenvalue weighted by molar-refractivity contribution is -0.121. The maximum atomic E-state index is 13.1. The van der Waals surface area contributed by atoms with Gasteiger partial charge in [-0.05, 0) is 37.3 Å². The van der Waals surface area contributed by atoms with Gasteiger partial charge < -0.3 is 20.2 Å². The number of amides is 2. The summed E-state index contributed by atoms with van der Waals surface area (Å²) in [6.07, 6.45) is 1.40. The van der Waals surface area contributed by atoms with Crippen LogP contribution in [0.25, 0.3) is 0 Å². The molecule has 0 fully saturated rings. The van der Waals surface area contributed by atoms with Crippen molar-refractivity contribution >= 4 is 11.8 Å². The molecule has 1 aromatic heterocycles. The predicted molar refractivity (Wildman–Crippen MR) is 80.0 cm³/mol. The van der Waals surface area contributed by atoms with Gasteiger partial charge in [-0.25, -0.2) is 8.78 Å². The fourth-order valence-electron chi connectivity index (χ4n) is 1.91. The number of hydrogen-bond donors (Lipinski definition) is 3. The maximum Gasteiger partial charge on any atom is 0.251 e. The molecular weight excluding hydrogens is 322 g/mol. The zero-order valence-corrected chi connectivity index (χ0v) is 12.8. The summed E-state index contributed by atoms with van der Waals surface area (Å²) in [6.45, 7) is 0.957. The molecule has 24 heavy (non-hydrogen) atoms. The molecule has 0 aliphatic rings.